The second kappa shape index (κ2) is 13.6. The first kappa shape index (κ1) is 28.1. The number of likely N-dealkylation sites (tertiary alicyclic amines) is 1. The molecule has 0 aromatic heterocycles. The molecular weight excluding hydrogens is 450 g/mol. The summed E-state index contributed by atoms with van der Waals surface area (Å²) < 4.78 is 25.5. The molecule has 1 fully saturated rings. The molecule has 0 spiro atoms. The molecule has 1 aliphatic rings. The van der Waals surface area contributed by atoms with Gasteiger partial charge in [0.2, 0.25) is 0 Å². The van der Waals surface area contributed by atoms with Crippen LogP contribution in [0.3, 0.4) is 0 Å². The van der Waals surface area contributed by atoms with Crippen LogP contribution in [0.1, 0.15) is 25.8 Å². The van der Waals surface area contributed by atoms with E-state index in [-0.39, 0.29) is 12.6 Å². The fraction of sp³-hybridized carbons (Fsp3) is 0.500. The first-order valence-electron chi connectivity index (χ1n) is 10.7. The van der Waals surface area contributed by atoms with Crippen LogP contribution in [0, 0.1) is 6.92 Å². The van der Waals surface area contributed by atoms with Crippen molar-refractivity contribution in [3.8, 4) is 0 Å². The average Bonchev–Trinajstić information content (AvgIpc) is 3.27. The number of carbonyl (C=O) groups is 3. The predicted molar refractivity (Wildman–Crippen MR) is 124 cm³/mol. The van der Waals surface area contributed by atoms with Crippen LogP contribution in [0.5, 0.6) is 0 Å². The van der Waals surface area contributed by atoms with Gasteiger partial charge in [-0.15, -0.1) is 0 Å². The number of aryl methyl sites for hydroxylation is 1. The number of nitrogens with zero attached hydrogens (tertiary/aromatic N) is 2. The van der Waals surface area contributed by atoms with Crippen molar-refractivity contribution in [1.29, 1.82) is 0 Å². The summed E-state index contributed by atoms with van der Waals surface area (Å²) in [5.74, 6) is -2.51. The monoisotopic (exact) mass is 483 g/mol. The number of rotatable bonds is 9. The van der Waals surface area contributed by atoms with Gasteiger partial charge in [0.15, 0.2) is 9.84 Å². The first-order chi connectivity index (χ1) is 15.5. The van der Waals surface area contributed by atoms with Crippen molar-refractivity contribution in [2.75, 3.05) is 39.3 Å². The highest BCUT2D eigenvalue weighted by Crippen LogP contribution is 2.24. The number of urea groups is 1. The summed E-state index contributed by atoms with van der Waals surface area (Å²) in [5.41, 5.74) is 1.03. The Morgan fingerprint density at radius 3 is 2.12 bits per heavy atom. The normalized spacial score (nSPS) is 15.9. The van der Waals surface area contributed by atoms with Crippen molar-refractivity contribution in [1.82, 2.24) is 15.1 Å². The zero-order valence-electron chi connectivity index (χ0n) is 19.2. The number of sulfone groups is 1. The second-order valence-electron chi connectivity index (χ2n) is 7.48. The van der Waals surface area contributed by atoms with Crippen molar-refractivity contribution in [3.05, 3.63) is 42.0 Å². The zero-order chi connectivity index (χ0) is 25.0. The van der Waals surface area contributed by atoms with Crippen LogP contribution in [0.15, 0.2) is 41.3 Å². The van der Waals surface area contributed by atoms with E-state index in [1.807, 2.05) is 6.92 Å². The lowest BCUT2D eigenvalue weighted by atomic mass is 10.2. The highest BCUT2D eigenvalue weighted by atomic mass is 32.2. The molecule has 1 atom stereocenters. The molecule has 33 heavy (non-hydrogen) atoms. The Kier molecular flexibility index (Phi) is 11.6. The summed E-state index contributed by atoms with van der Waals surface area (Å²) in [6.45, 7) is 10.1. The highest BCUT2D eigenvalue weighted by molar-refractivity contribution is 7.92. The maximum atomic E-state index is 12.7. The Hall–Kier alpha value is -2.92. The van der Waals surface area contributed by atoms with Gasteiger partial charge in [0.05, 0.1) is 10.1 Å². The molecule has 1 aromatic rings. The quantitative estimate of drug-likeness (QED) is 0.449. The van der Waals surface area contributed by atoms with Gasteiger partial charge in [0.1, 0.15) is 0 Å². The minimum absolute atomic E-state index is 0.172. The van der Waals surface area contributed by atoms with Crippen LogP contribution in [0.2, 0.25) is 0 Å². The molecule has 10 nitrogen and oxygen atoms in total. The summed E-state index contributed by atoms with van der Waals surface area (Å²) in [7, 11) is -3.39. The largest absolute Gasteiger partial charge is 0.478 e. The fourth-order valence-corrected chi connectivity index (χ4v) is 4.89. The maximum absolute atomic E-state index is 12.7. The van der Waals surface area contributed by atoms with Gasteiger partial charge in [0.25, 0.3) is 0 Å². The third-order valence-corrected chi connectivity index (χ3v) is 7.38. The Bertz CT molecular complexity index is 910. The molecule has 0 saturated carbocycles. The number of carbonyl (C=O) groups excluding carboxylic acids is 1. The number of benzene rings is 1. The molecule has 0 bridgehead atoms. The zero-order valence-corrected chi connectivity index (χ0v) is 20.0. The number of amides is 2. The molecule has 0 aliphatic carbocycles. The number of carboxylic acids is 2. The lowest BCUT2D eigenvalue weighted by molar-refractivity contribution is -0.134. The Balaban J connectivity index is 0.000000582. The summed E-state index contributed by atoms with van der Waals surface area (Å²) in [4.78, 5) is 35.5. The van der Waals surface area contributed by atoms with Crippen molar-refractivity contribution in [2.24, 2.45) is 0 Å². The highest BCUT2D eigenvalue weighted by Gasteiger charge is 2.36. The molecule has 1 aromatic carbocycles. The standard InChI is InChI=1S/C18H29N3O3S.C4H4O4/c1-4-20(5-2)13-11-19-18(22)21-12-10-17(14-21)25(23,24)16-8-6-15(3)7-9-16;5-3(6)1-2-4(7)8/h6-9,17H,4-5,10-14H2,1-3H3,(H,19,22);1-2H,(H,5,6)(H,7,8). The third kappa shape index (κ3) is 9.62. The summed E-state index contributed by atoms with van der Waals surface area (Å²) in [6, 6.07) is 6.74. The van der Waals surface area contributed by atoms with Gasteiger partial charge in [-0.25, -0.2) is 22.8 Å². The van der Waals surface area contributed by atoms with Crippen LogP contribution < -0.4 is 5.32 Å². The number of hydrogen-bond acceptors (Lipinski definition) is 6. The van der Waals surface area contributed by atoms with E-state index in [4.69, 9.17) is 10.2 Å². The van der Waals surface area contributed by atoms with E-state index in [1.54, 1.807) is 29.2 Å². The van der Waals surface area contributed by atoms with Crippen LogP contribution >= 0.6 is 0 Å². The van der Waals surface area contributed by atoms with Crippen molar-refractivity contribution >= 4 is 27.8 Å². The van der Waals surface area contributed by atoms with Gasteiger partial charge < -0.3 is 25.3 Å². The van der Waals surface area contributed by atoms with Gasteiger partial charge in [-0.2, -0.15) is 0 Å². The molecule has 1 aliphatic heterocycles. The average molecular weight is 484 g/mol. The molecule has 1 saturated heterocycles. The predicted octanol–water partition coefficient (Wildman–Crippen LogP) is 1.61. The summed E-state index contributed by atoms with van der Waals surface area (Å²) in [6.07, 6.45) is 1.60. The molecule has 184 valence electrons. The van der Waals surface area contributed by atoms with Gasteiger partial charge in [0, 0.05) is 38.3 Å². The lowest BCUT2D eigenvalue weighted by Gasteiger charge is -2.21. The number of carboxylic acid groups (broad SMARTS) is 2. The van der Waals surface area contributed by atoms with E-state index in [2.05, 4.69) is 24.1 Å². The van der Waals surface area contributed by atoms with Gasteiger partial charge >= 0.3 is 18.0 Å². The number of aliphatic carboxylic acids is 2. The van der Waals surface area contributed by atoms with E-state index in [0.29, 0.717) is 36.6 Å². The number of hydrogen-bond donors (Lipinski definition) is 3. The Labute approximate surface area is 194 Å². The van der Waals surface area contributed by atoms with Gasteiger partial charge in [-0.3, -0.25) is 0 Å². The molecule has 11 heteroatoms. The Morgan fingerprint density at radius 1 is 1.09 bits per heavy atom. The second-order valence-corrected chi connectivity index (χ2v) is 9.71. The van der Waals surface area contributed by atoms with Crippen LogP contribution in [-0.4, -0.2) is 90.9 Å². The van der Waals surface area contributed by atoms with Gasteiger partial charge in [-0.1, -0.05) is 31.5 Å². The fourth-order valence-electron chi connectivity index (χ4n) is 3.20. The van der Waals surface area contributed by atoms with Crippen molar-refractivity contribution in [2.45, 2.75) is 37.3 Å². The molecule has 1 heterocycles. The number of nitrogens with one attached hydrogen (secondary N) is 1. The minimum Gasteiger partial charge on any atom is -0.478 e. The van der Waals surface area contributed by atoms with E-state index < -0.39 is 27.0 Å². The van der Waals surface area contributed by atoms with E-state index in [0.717, 1.165) is 25.2 Å². The summed E-state index contributed by atoms with van der Waals surface area (Å²) in [5, 5.41) is 18.0. The van der Waals surface area contributed by atoms with E-state index >= 15 is 0 Å². The molecule has 0 radical (unpaired) electrons. The smallest absolute Gasteiger partial charge is 0.328 e. The lowest BCUT2D eigenvalue weighted by Crippen LogP contribution is -2.42. The van der Waals surface area contributed by atoms with Crippen molar-refractivity contribution < 1.29 is 33.0 Å². The SMILES string of the molecule is CCN(CC)CCNC(=O)N1CCC(S(=O)(=O)c2ccc(C)cc2)C1.O=C(O)C=CC(=O)O. The van der Waals surface area contributed by atoms with E-state index in [1.165, 1.54) is 0 Å². The van der Waals surface area contributed by atoms with Crippen molar-refractivity contribution in [3.63, 3.8) is 0 Å². The molecule has 3 N–H and O–H groups in total. The third-order valence-electron chi connectivity index (χ3n) is 5.19. The topological polar surface area (TPSA) is 144 Å². The van der Waals surface area contributed by atoms with E-state index in [9.17, 15) is 22.8 Å². The number of likely N-dealkylation sites (N-methyl/N-ethyl adjacent to an activating group) is 1. The van der Waals surface area contributed by atoms with Crippen LogP contribution in [0.4, 0.5) is 4.79 Å². The van der Waals surface area contributed by atoms with Gasteiger partial charge in [-0.05, 0) is 38.6 Å². The maximum Gasteiger partial charge on any atom is 0.328 e. The summed E-state index contributed by atoms with van der Waals surface area (Å²) >= 11 is 0. The first-order valence-corrected chi connectivity index (χ1v) is 12.3. The minimum atomic E-state index is -3.39. The van der Waals surface area contributed by atoms with Crippen LogP contribution in [0.25, 0.3) is 0 Å². The molecular formula is C22H33N3O7S. The Morgan fingerprint density at radius 2 is 1.64 bits per heavy atom. The van der Waals surface area contributed by atoms with Crippen LogP contribution in [-0.2, 0) is 19.4 Å². The molecule has 2 rings (SSSR count). The molecule has 1 unspecified atom stereocenters. The molecule has 2 amide bonds.